The van der Waals surface area contributed by atoms with Crippen LogP contribution in [0.15, 0.2) is 24.3 Å². The molecule has 1 aliphatic heterocycles. The minimum Gasteiger partial charge on any atom is -0.343 e. The molecular weight excluding hydrogens is 276 g/mol. The Hall–Kier alpha value is -1.84. The third-order valence-electron chi connectivity index (χ3n) is 4.47. The normalized spacial score (nSPS) is 18.4. The zero-order chi connectivity index (χ0) is 16.4. The predicted octanol–water partition coefficient (Wildman–Crippen LogP) is 3.03. The van der Waals surface area contributed by atoms with Crippen LogP contribution >= 0.6 is 0 Å². The Morgan fingerprint density at radius 1 is 1.18 bits per heavy atom. The van der Waals surface area contributed by atoms with Gasteiger partial charge in [-0.15, -0.1) is 0 Å². The molecule has 0 radical (unpaired) electrons. The van der Waals surface area contributed by atoms with Crippen molar-refractivity contribution >= 4 is 17.5 Å². The third kappa shape index (κ3) is 3.32. The molecular formula is C18H26N2O2. The van der Waals surface area contributed by atoms with Gasteiger partial charge < -0.3 is 9.80 Å². The largest absolute Gasteiger partial charge is 0.343 e. The summed E-state index contributed by atoms with van der Waals surface area (Å²) in [5.41, 5.74) is 2.14. The van der Waals surface area contributed by atoms with Crippen LogP contribution in [-0.2, 0) is 9.59 Å². The van der Waals surface area contributed by atoms with E-state index in [4.69, 9.17) is 0 Å². The number of amides is 2. The van der Waals surface area contributed by atoms with Gasteiger partial charge in [-0.3, -0.25) is 9.59 Å². The number of hydrogen-bond donors (Lipinski definition) is 0. The highest BCUT2D eigenvalue weighted by Crippen LogP contribution is 2.27. The van der Waals surface area contributed by atoms with E-state index < -0.39 is 0 Å². The topological polar surface area (TPSA) is 40.6 Å². The van der Waals surface area contributed by atoms with Gasteiger partial charge >= 0.3 is 0 Å². The van der Waals surface area contributed by atoms with Crippen molar-refractivity contribution in [1.29, 1.82) is 0 Å². The molecule has 1 fully saturated rings. The highest BCUT2D eigenvalue weighted by molar-refractivity contribution is 6.00. The summed E-state index contributed by atoms with van der Waals surface area (Å²) in [5.74, 6) is 0.333. The Morgan fingerprint density at radius 2 is 1.77 bits per heavy atom. The highest BCUT2D eigenvalue weighted by Gasteiger charge is 2.36. The summed E-state index contributed by atoms with van der Waals surface area (Å²) in [6.07, 6.45) is 0.307. The maximum atomic E-state index is 12.4. The number of carbonyl (C=O) groups is 2. The van der Waals surface area contributed by atoms with Crippen molar-refractivity contribution in [1.82, 2.24) is 4.90 Å². The predicted molar refractivity (Wildman–Crippen MR) is 88.9 cm³/mol. The molecule has 1 saturated heterocycles. The van der Waals surface area contributed by atoms with Crippen molar-refractivity contribution in [3.63, 3.8) is 0 Å². The molecule has 1 heterocycles. The SMILES string of the molecule is CC(C)c1ccc(N2C[C@@H](C(=O)N(C)C(C)C)CC2=O)cc1. The van der Waals surface area contributed by atoms with E-state index in [1.54, 1.807) is 16.8 Å². The Morgan fingerprint density at radius 3 is 2.27 bits per heavy atom. The maximum absolute atomic E-state index is 12.4. The first-order chi connectivity index (χ1) is 10.3. The average Bonchev–Trinajstić information content (AvgIpc) is 2.87. The molecule has 1 aliphatic rings. The van der Waals surface area contributed by atoms with Crippen molar-refractivity contribution < 1.29 is 9.59 Å². The first kappa shape index (κ1) is 16.5. The van der Waals surface area contributed by atoms with Crippen LogP contribution in [0.25, 0.3) is 0 Å². The Bertz CT molecular complexity index is 549. The van der Waals surface area contributed by atoms with Crippen molar-refractivity contribution in [3.8, 4) is 0 Å². The number of rotatable bonds is 4. The fraction of sp³-hybridized carbons (Fsp3) is 0.556. The van der Waals surface area contributed by atoms with E-state index in [9.17, 15) is 9.59 Å². The minimum atomic E-state index is -0.232. The molecule has 1 aromatic rings. The lowest BCUT2D eigenvalue weighted by molar-refractivity contribution is -0.135. The Kier molecular flexibility index (Phi) is 4.89. The summed E-state index contributed by atoms with van der Waals surface area (Å²) in [6.45, 7) is 8.74. The van der Waals surface area contributed by atoms with Gasteiger partial charge in [-0.2, -0.15) is 0 Å². The summed E-state index contributed by atoms with van der Waals surface area (Å²) in [5, 5.41) is 0. The van der Waals surface area contributed by atoms with Crippen LogP contribution < -0.4 is 4.90 Å². The minimum absolute atomic E-state index is 0.0350. The second-order valence-corrected chi connectivity index (χ2v) is 6.69. The molecule has 1 atom stereocenters. The van der Waals surface area contributed by atoms with E-state index in [2.05, 4.69) is 26.0 Å². The quantitative estimate of drug-likeness (QED) is 0.858. The number of nitrogens with zero attached hydrogens (tertiary/aromatic N) is 2. The smallest absolute Gasteiger partial charge is 0.227 e. The summed E-state index contributed by atoms with van der Waals surface area (Å²) in [6, 6.07) is 8.23. The number of anilines is 1. The molecule has 2 rings (SSSR count). The summed E-state index contributed by atoms with van der Waals surface area (Å²) < 4.78 is 0. The van der Waals surface area contributed by atoms with Crippen LogP contribution in [0.3, 0.4) is 0 Å². The van der Waals surface area contributed by atoms with Gasteiger partial charge in [-0.1, -0.05) is 26.0 Å². The zero-order valence-electron chi connectivity index (χ0n) is 14.2. The molecule has 0 unspecified atom stereocenters. The van der Waals surface area contributed by atoms with Crippen molar-refractivity contribution in [2.45, 2.75) is 46.1 Å². The van der Waals surface area contributed by atoms with E-state index in [1.807, 2.05) is 26.0 Å². The van der Waals surface area contributed by atoms with Crippen LogP contribution in [-0.4, -0.2) is 36.3 Å². The maximum Gasteiger partial charge on any atom is 0.227 e. The molecule has 0 aromatic heterocycles. The molecule has 0 aliphatic carbocycles. The zero-order valence-corrected chi connectivity index (χ0v) is 14.2. The van der Waals surface area contributed by atoms with E-state index >= 15 is 0 Å². The third-order valence-corrected chi connectivity index (χ3v) is 4.47. The lowest BCUT2D eigenvalue weighted by Gasteiger charge is -2.24. The Balaban J connectivity index is 2.11. The second kappa shape index (κ2) is 6.51. The summed E-state index contributed by atoms with van der Waals surface area (Å²) in [7, 11) is 1.80. The highest BCUT2D eigenvalue weighted by atomic mass is 16.2. The summed E-state index contributed by atoms with van der Waals surface area (Å²) >= 11 is 0. The van der Waals surface area contributed by atoms with Crippen molar-refractivity contribution in [2.24, 2.45) is 5.92 Å². The van der Waals surface area contributed by atoms with Gasteiger partial charge in [0.1, 0.15) is 0 Å². The molecule has 0 saturated carbocycles. The second-order valence-electron chi connectivity index (χ2n) is 6.69. The standard InChI is InChI=1S/C18H26N2O2/c1-12(2)14-6-8-16(9-7-14)20-11-15(10-17(20)21)18(22)19(5)13(3)4/h6-9,12-13,15H,10-11H2,1-5H3/t15-/m0/s1. The number of benzene rings is 1. The fourth-order valence-corrected chi connectivity index (χ4v) is 2.70. The van der Waals surface area contributed by atoms with Gasteiger partial charge in [0.05, 0.1) is 5.92 Å². The molecule has 120 valence electrons. The fourth-order valence-electron chi connectivity index (χ4n) is 2.70. The van der Waals surface area contributed by atoms with Crippen molar-refractivity contribution in [2.75, 3.05) is 18.5 Å². The number of hydrogen-bond acceptors (Lipinski definition) is 2. The van der Waals surface area contributed by atoms with Gasteiger partial charge in [-0.05, 0) is 37.5 Å². The first-order valence-corrected chi connectivity index (χ1v) is 7.98. The lowest BCUT2D eigenvalue weighted by atomic mass is 10.0. The van der Waals surface area contributed by atoms with Gasteiger partial charge in [0.15, 0.2) is 0 Å². The van der Waals surface area contributed by atoms with Gasteiger partial charge in [0.25, 0.3) is 0 Å². The monoisotopic (exact) mass is 302 g/mol. The lowest BCUT2D eigenvalue weighted by Crippen LogP contribution is -2.38. The van der Waals surface area contributed by atoms with Crippen LogP contribution in [0.1, 0.15) is 45.6 Å². The Labute approximate surface area is 133 Å². The van der Waals surface area contributed by atoms with Crippen LogP contribution in [0.4, 0.5) is 5.69 Å². The average molecular weight is 302 g/mol. The molecule has 0 spiro atoms. The van der Waals surface area contributed by atoms with Crippen molar-refractivity contribution in [3.05, 3.63) is 29.8 Å². The molecule has 2 amide bonds. The van der Waals surface area contributed by atoms with Crippen LogP contribution in [0.2, 0.25) is 0 Å². The van der Waals surface area contributed by atoms with Gasteiger partial charge in [-0.25, -0.2) is 0 Å². The van der Waals surface area contributed by atoms with E-state index in [0.29, 0.717) is 18.9 Å². The van der Waals surface area contributed by atoms with Gasteiger partial charge in [0.2, 0.25) is 11.8 Å². The first-order valence-electron chi connectivity index (χ1n) is 7.98. The van der Waals surface area contributed by atoms with Gasteiger partial charge in [0, 0.05) is 31.7 Å². The molecule has 0 N–H and O–H groups in total. The molecule has 1 aromatic carbocycles. The molecule has 22 heavy (non-hydrogen) atoms. The summed E-state index contributed by atoms with van der Waals surface area (Å²) in [4.78, 5) is 28.1. The molecule has 4 nitrogen and oxygen atoms in total. The molecule has 0 bridgehead atoms. The van der Waals surface area contributed by atoms with Crippen LogP contribution in [0.5, 0.6) is 0 Å². The van der Waals surface area contributed by atoms with Crippen LogP contribution in [0, 0.1) is 5.92 Å². The van der Waals surface area contributed by atoms with E-state index in [1.165, 1.54) is 5.56 Å². The molecule has 4 heteroatoms. The number of carbonyl (C=O) groups excluding carboxylic acids is 2. The van der Waals surface area contributed by atoms with E-state index in [-0.39, 0.29) is 23.8 Å². The van der Waals surface area contributed by atoms with E-state index in [0.717, 1.165) is 5.69 Å².